The first kappa shape index (κ1) is 25.2. The summed E-state index contributed by atoms with van der Waals surface area (Å²) in [5.41, 5.74) is 0. The van der Waals surface area contributed by atoms with Crippen LogP contribution in [0.1, 0.15) is 135 Å². The van der Waals surface area contributed by atoms with E-state index in [0.717, 1.165) is 12.8 Å². The van der Waals surface area contributed by atoms with Gasteiger partial charge in [0.2, 0.25) is 0 Å². The summed E-state index contributed by atoms with van der Waals surface area (Å²) in [7, 11) is 0. The van der Waals surface area contributed by atoms with E-state index in [1.807, 2.05) is 0 Å². The van der Waals surface area contributed by atoms with Gasteiger partial charge in [-0.05, 0) is 32.1 Å². The van der Waals surface area contributed by atoms with Gasteiger partial charge in [0, 0.05) is 6.42 Å². The van der Waals surface area contributed by atoms with Gasteiger partial charge in [0.1, 0.15) is 0 Å². The van der Waals surface area contributed by atoms with Crippen LogP contribution in [-0.4, -0.2) is 11.1 Å². The van der Waals surface area contributed by atoms with Crippen molar-refractivity contribution in [2.45, 2.75) is 135 Å². The van der Waals surface area contributed by atoms with Crippen LogP contribution in [0.2, 0.25) is 0 Å². The van der Waals surface area contributed by atoms with Gasteiger partial charge in [-0.2, -0.15) is 0 Å². The van der Waals surface area contributed by atoms with E-state index in [1.54, 1.807) is 0 Å². The smallest absolute Gasteiger partial charge is 0.303 e. The van der Waals surface area contributed by atoms with Crippen molar-refractivity contribution in [1.82, 2.24) is 0 Å². The highest BCUT2D eigenvalue weighted by Gasteiger charge is 1.97. The van der Waals surface area contributed by atoms with Gasteiger partial charge < -0.3 is 5.11 Å². The van der Waals surface area contributed by atoms with Crippen LogP contribution in [0.5, 0.6) is 0 Å². The normalized spacial score (nSPS) is 11.4. The summed E-state index contributed by atoms with van der Waals surface area (Å²) in [6, 6.07) is 0. The molecule has 1 N–H and O–H groups in total. The van der Waals surface area contributed by atoms with Crippen LogP contribution in [0.15, 0.2) is 12.2 Å². The lowest BCUT2D eigenvalue weighted by molar-refractivity contribution is -0.137. The molecule has 2 nitrogen and oxygen atoms in total. The maximum atomic E-state index is 10.4. The van der Waals surface area contributed by atoms with E-state index >= 15 is 0 Å². The minimum absolute atomic E-state index is 0.342. The number of rotatable bonds is 21. The Labute approximate surface area is 163 Å². The lowest BCUT2D eigenvalue weighted by atomic mass is 10.0. The van der Waals surface area contributed by atoms with E-state index < -0.39 is 5.97 Å². The van der Waals surface area contributed by atoms with E-state index in [1.165, 1.54) is 109 Å². The molecule has 2 heteroatoms. The number of aliphatic carboxylic acids is 1. The second-order valence-corrected chi connectivity index (χ2v) is 7.85. The van der Waals surface area contributed by atoms with E-state index in [9.17, 15) is 4.79 Å². The van der Waals surface area contributed by atoms with Crippen molar-refractivity contribution in [3.63, 3.8) is 0 Å². The van der Waals surface area contributed by atoms with Crippen molar-refractivity contribution in [3.05, 3.63) is 12.2 Å². The van der Waals surface area contributed by atoms with Crippen LogP contribution < -0.4 is 0 Å². The predicted octanol–water partition coefficient (Wildman–Crippen LogP) is 8.45. The van der Waals surface area contributed by atoms with Gasteiger partial charge in [-0.25, -0.2) is 0 Å². The summed E-state index contributed by atoms with van der Waals surface area (Å²) >= 11 is 0. The van der Waals surface area contributed by atoms with E-state index in [4.69, 9.17) is 5.11 Å². The Bertz CT molecular complexity index is 309. The van der Waals surface area contributed by atoms with Crippen molar-refractivity contribution in [1.29, 1.82) is 0 Å². The largest absolute Gasteiger partial charge is 0.481 e. The molecule has 0 saturated carbocycles. The first-order chi connectivity index (χ1) is 12.8. The first-order valence-corrected chi connectivity index (χ1v) is 11.6. The molecule has 0 spiro atoms. The first-order valence-electron chi connectivity index (χ1n) is 11.6. The van der Waals surface area contributed by atoms with Crippen LogP contribution in [0.4, 0.5) is 0 Å². The van der Waals surface area contributed by atoms with Crippen molar-refractivity contribution in [2.24, 2.45) is 0 Å². The molecule has 0 aliphatic carbocycles. The van der Waals surface area contributed by atoms with E-state index in [0.29, 0.717) is 6.42 Å². The SMILES string of the molecule is CCCCCCCC/C=C\CCCCCCCCCCCCC[13C](=O)O. The molecular weight excluding hydrogens is 321 g/mol. The summed E-state index contributed by atoms with van der Waals surface area (Å²) in [5.74, 6) is -0.654. The third kappa shape index (κ3) is 23.2. The molecule has 0 saturated heterocycles. The van der Waals surface area contributed by atoms with E-state index in [-0.39, 0.29) is 0 Å². The lowest BCUT2D eigenvalue weighted by Gasteiger charge is -2.02. The van der Waals surface area contributed by atoms with Gasteiger partial charge in [0.05, 0.1) is 0 Å². The second-order valence-electron chi connectivity index (χ2n) is 7.85. The highest BCUT2D eigenvalue weighted by molar-refractivity contribution is 5.66. The van der Waals surface area contributed by atoms with Gasteiger partial charge in [-0.1, -0.05) is 109 Å². The minimum Gasteiger partial charge on any atom is -0.481 e. The molecule has 0 rings (SSSR count). The van der Waals surface area contributed by atoms with Gasteiger partial charge in [0.25, 0.3) is 0 Å². The Balaban J connectivity index is 3.06. The Morgan fingerprint density at radius 3 is 1.31 bits per heavy atom. The molecule has 0 unspecified atom stereocenters. The molecular formula is C24H46O2. The zero-order chi connectivity index (χ0) is 19.1. The van der Waals surface area contributed by atoms with Crippen molar-refractivity contribution >= 4 is 5.97 Å². The highest BCUT2D eigenvalue weighted by atomic mass is 16.5. The molecule has 154 valence electrons. The molecule has 0 heterocycles. The van der Waals surface area contributed by atoms with Crippen LogP contribution in [0, 0.1) is 0 Å². The molecule has 26 heavy (non-hydrogen) atoms. The van der Waals surface area contributed by atoms with Gasteiger partial charge in [0.15, 0.2) is 0 Å². The maximum absolute atomic E-state index is 10.4. The number of hydrogen-bond donors (Lipinski definition) is 1. The molecule has 0 amide bonds. The number of allylic oxidation sites excluding steroid dienone is 2. The Morgan fingerprint density at radius 1 is 0.577 bits per heavy atom. The fraction of sp³-hybridized carbons (Fsp3) is 0.875. The predicted molar refractivity (Wildman–Crippen MR) is 115 cm³/mol. The Morgan fingerprint density at radius 2 is 0.923 bits per heavy atom. The zero-order valence-corrected chi connectivity index (χ0v) is 17.7. The fourth-order valence-electron chi connectivity index (χ4n) is 3.41. The molecule has 0 aromatic rings. The van der Waals surface area contributed by atoms with Gasteiger partial charge in [-0.3, -0.25) is 4.79 Å². The maximum Gasteiger partial charge on any atom is 0.303 e. The summed E-state index contributed by atoms with van der Waals surface area (Å²) in [6.07, 6.45) is 30.1. The van der Waals surface area contributed by atoms with Crippen molar-refractivity contribution in [2.75, 3.05) is 0 Å². The summed E-state index contributed by atoms with van der Waals surface area (Å²) in [6.45, 7) is 2.28. The van der Waals surface area contributed by atoms with Crippen LogP contribution in [0.25, 0.3) is 0 Å². The van der Waals surface area contributed by atoms with Gasteiger partial charge >= 0.3 is 5.97 Å². The van der Waals surface area contributed by atoms with Crippen LogP contribution >= 0.6 is 0 Å². The van der Waals surface area contributed by atoms with Crippen LogP contribution in [0.3, 0.4) is 0 Å². The Kier molecular flexibility index (Phi) is 21.6. The number of hydrogen-bond acceptors (Lipinski definition) is 1. The number of carboxylic acids is 1. The number of unbranched alkanes of at least 4 members (excludes halogenated alkanes) is 17. The molecule has 0 bridgehead atoms. The van der Waals surface area contributed by atoms with Crippen molar-refractivity contribution < 1.29 is 9.90 Å². The third-order valence-electron chi connectivity index (χ3n) is 5.15. The molecule has 0 aliphatic rings. The summed E-state index contributed by atoms with van der Waals surface area (Å²) < 4.78 is 0. The molecule has 0 radical (unpaired) electrons. The quantitative estimate of drug-likeness (QED) is 0.125. The summed E-state index contributed by atoms with van der Waals surface area (Å²) in [4.78, 5) is 10.4. The monoisotopic (exact) mass is 367 g/mol. The van der Waals surface area contributed by atoms with E-state index in [2.05, 4.69) is 19.1 Å². The fourth-order valence-corrected chi connectivity index (χ4v) is 3.41. The third-order valence-corrected chi connectivity index (χ3v) is 5.15. The standard InChI is InChI=1S/C24H46O2/c1-2-3-4-5-6-7-8-9-10-11-12-13-14-15-16-17-18-19-20-21-22-23-24(25)26/h9-10H,2-8,11-23H2,1H3,(H,25,26)/b10-9-/i24+1. The average molecular weight is 368 g/mol. The van der Waals surface area contributed by atoms with Crippen LogP contribution in [-0.2, 0) is 4.79 Å². The molecule has 0 aliphatic heterocycles. The molecule has 0 aromatic carbocycles. The molecule has 0 aromatic heterocycles. The lowest BCUT2D eigenvalue weighted by Crippen LogP contribution is -1.93. The Hall–Kier alpha value is -0.790. The molecule has 0 fully saturated rings. The topological polar surface area (TPSA) is 37.3 Å². The van der Waals surface area contributed by atoms with Gasteiger partial charge in [-0.15, -0.1) is 0 Å². The second kappa shape index (κ2) is 22.3. The molecule has 0 atom stereocenters. The zero-order valence-electron chi connectivity index (χ0n) is 17.7. The average Bonchev–Trinajstić information content (AvgIpc) is 2.62. The van der Waals surface area contributed by atoms with Crippen molar-refractivity contribution in [3.8, 4) is 0 Å². The minimum atomic E-state index is -0.654. The number of carboxylic acid groups (broad SMARTS) is 1. The number of carbonyl (C=O) groups is 1. The summed E-state index contributed by atoms with van der Waals surface area (Å²) in [5, 5.41) is 8.57. The highest BCUT2D eigenvalue weighted by Crippen LogP contribution is 2.13.